The third kappa shape index (κ3) is 7.36. The van der Waals surface area contributed by atoms with Gasteiger partial charge in [-0.3, -0.25) is 15.1 Å². The summed E-state index contributed by atoms with van der Waals surface area (Å²) in [6.07, 6.45) is 0. The number of phenols is 4. The largest absolute Gasteiger partial charge is 2.00 e. The molecule has 2 aromatic heterocycles. The Morgan fingerprint density at radius 2 is 1.28 bits per heavy atom. The number of nitriles is 2. The van der Waals surface area contributed by atoms with Gasteiger partial charge in [-0.2, -0.15) is 10.5 Å². The van der Waals surface area contributed by atoms with Crippen LogP contribution in [-0.4, -0.2) is 30.4 Å². The van der Waals surface area contributed by atoms with Gasteiger partial charge >= 0.3 is 16.8 Å². The number of rotatable bonds is 4. The monoisotopic (exact) mass is 565 g/mol. The first kappa shape index (κ1) is 29.0. The van der Waals surface area contributed by atoms with Gasteiger partial charge in [-0.15, -0.1) is 10.2 Å². The van der Waals surface area contributed by atoms with Gasteiger partial charge in [0, 0.05) is 18.1 Å². The average Bonchev–Trinajstić information content (AvgIpc) is 3.51. The molecule has 0 saturated carbocycles. The van der Waals surface area contributed by atoms with E-state index in [1.807, 2.05) is 0 Å². The molecule has 0 atom stereocenters. The van der Waals surface area contributed by atoms with Crippen LogP contribution in [0.4, 0.5) is 34.9 Å². The van der Waals surface area contributed by atoms with Gasteiger partial charge in [0.05, 0.1) is 17.2 Å². The zero-order chi connectivity index (χ0) is 27.7. The van der Waals surface area contributed by atoms with Crippen LogP contribution in [0.5, 0.6) is 23.0 Å². The van der Waals surface area contributed by atoms with Gasteiger partial charge in [0.15, 0.2) is 0 Å². The van der Waals surface area contributed by atoms with Crippen LogP contribution in [0.3, 0.4) is 0 Å². The van der Waals surface area contributed by atoms with Crippen LogP contribution < -0.4 is 9.97 Å². The van der Waals surface area contributed by atoms with Crippen molar-refractivity contribution in [3.05, 3.63) is 70.6 Å². The van der Waals surface area contributed by atoms with Gasteiger partial charge < -0.3 is 40.1 Å². The fraction of sp³-hybridized carbons (Fsp3) is 0. The molecular formula is C22H10CoN12O4. The molecule has 0 aliphatic carbocycles. The van der Waals surface area contributed by atoms with E-state index in [2.05, 4.69) is 50.1 Å². The minimum atomic E-state index is -0.267. The summed E-state index contributed by atoms with van der Waals surface area (Å²) in [5.41, 5.74) is -0.0614. The Kier molecular flexibility index (Phi) is 9.76. The smallest absolute Gasteiger partial charge is 0.562 e. The number of nitrogens with zero attached hydrogens (tertiary/aromatic N) is 12. The summed E-state index contributed by atoms with van der Waals surface area (Å²) in [6, 6.07) is 11.0. The maximum absolute atomic E-state index is 9.47. The van der Waals surface area contributed by atoms with E-state index in [9.17, 15) is 10.2 Å². The Hall–Kier alpha value is -6.27. The number of hydrogen-bond acceptors (Lipinski definition) is 12. The summed E-state index contributed by atoms with van der Waals surface area (Å²) in [6.45, 7) is 13.6. The normalized spacial score (nSPS) is 9.95. The van der Waals surface area contributed by atoms with Crippen LogP contribution in [0.25, 0.3) is 9.69 Å². The van der Waals surface area contributed by atoms with Gasteiger partial charge in [-0.25, -0.2) is 11.7 Å². The Morgan fingerprint density at radius 1 is 0.744 bits per heavy atom. The molecule has 0 spiro atoms. The topological polar surface area (TPSA) is 241 Å². The number of phenolic OH excluding ortho intramolecular Hbond substituents is 4. The number of hydrogen-bond donors (Lipinski definition) is 4. The molecule has 4 rings (SSSR count). The van der Waals surface area contributed by atoms with Crippen LogP contribution in [-0.2, 0) is 16.8 Å². The molecule has 1 radical (unpaired) electrons. The maximum Gasteiger partial charge on any atom is 2.00 e. The van der Waals surface area contributed by atoms with E-state index in [1.165, 1.54) is 24.3 Å². The fourth-order valence-corrected chi connectivity index (χ4v) is 2.43. The summed E-state index contributed by atoms with van der Waals surface area (Å²) in [4.78, 5) is 20.8. The van der Waals surface area contributed by atoms with Crippen molar-refractivity contribution in [2.24, 2.45) is 20.5 Å². The van der Waals surface area contributed by atoms with Crippen molar-refractivity contribution >= 4 is 34.9 Å². The third-order valence-corrected chi connectivity index (χ3v) is 4.10. The quantitative estimate of drug-likeness (QED) is 0.198. The molecule has 4 aromatic rings. The second-order valence-electron chi connectivity index (χ2n) is 6.58. The van der Waals surface area contributed by atoms with Gasteiger partial charge in [-0.1, -0.05) is 6.57 Å². The fourth-order valence-electron chi connectivity index (χ4n) is 2.43. The Morgan fingerprint density at radius 3 is 1.67 bits per heavy atom. The molecule has 0 saturated heterocycles. The second kappa shape index (κ2) is 13.2. The molecule has 0 aliphatic rings. The van der Waals surface area contributed by atoms with Crippen LogP contribution in [0.15, 0.2) is 56.9 Å². The molecular weight excluding hydrogens is 555 g/mol. The SMILES string of the molecule is N#Cc1nc(N=Nc2ccc(O)cc2O)[n-]c1C#N.[C-]#[N+]c1nc(N=Nc2ccc(O)cc2O)[n-]c1[N+]#[C-].[Co+2]. The molecule has 39 heavy (non-hydrogen) atoms. The molecule has 17 heteroatoms. The molecule has 2 aromatic carbocycles. The van der Waals surface area contributed by atoms with E-state index in [0.29, 0.717) is 0 Å². The van der Waals surface area contributed by atoms with E-state index >= 15 is 0 Å². The number of imidazole rings is 2. The zero-order valence-corrected chi connectivity index (χ0v) is 20.0. The van der Waals surface area contributed by atoms with Crippen molar-refractivity contribution in [1.29, 1.82) is 10.5 Å². The molecule has 0 unspecified atom stereocenters. The Bertz CT molecular complexity index is 1540. The van der Waals surface area contributed by atoms with Crippen molar-refractivity contribution in [2.45, 2.75) is 0 Å². The third-order valence-electron chi connectivity index (χ3n) is 4.10. The average molecular weight is 565 g/mol. The van der Waals surface area contributed by atoms with E-state index < -0.39 is 0 Å². The molecule has 4 N–H and O–H groups in total. The number of benzene rings is 2. The predicted octanol–water partition coefficient (Wildman–Crippen LogP) is 4.57. The first-order valence-electron chi connectivity index (χ1n) is 9.80. The van der Waals surface area contributed by atoms with Gasteiger partial charge in [0.2, 0.25) is 5.95 Å². The maximum atomic E-state index is 9.47. The number of aromatic nitrogens is 4. The second-order valence-corrected chi connectivity index (χ2v) is 6.58. The van der Waals surface area contributed by atoms with Gasteiger partial charge in [-0.05, 0) is 24.3 Å². The zero-order valence-electron chi connectivity index (χ0n) is 19.0. The van der Waals surface area contributed by atoms with Crippen molar-refractivity contribution < 1.29 is 37.2 Å². The first-order valence-corrected chi connectivity index (χ1v) is 9.80. The number of aromatic hydroxyl groups is 4. The van der Waals surface area contributed by atoms with Crippen LogP contribution in [0, 0.1) is 35.8 Å². The Labute approximate surface area is 228 Å². The van der Waals surface area contributed by atoms with Crippen LogP contribution in [0.1, 0.15) is 11.4 Å². The van der Waals surface area contributed by atoms with Gasteiger partial charge in [0.25, 0.3) is 0 Å². The molecule has 16 nitrogen and oxygen atoms in total. The standard InChI is InChI=1S/2C11H5N6O2.Co/c1-12-9-10(13-2)15-11(14-9)17-16-7-4-3-6(18)5-8(7)19;12-4-8-9(5-13)15-11(14-8)17-16-7-2-1-6(18)3-10(7)19;/h3-5H,(H2-,14,15,16,17,18,19);1-3H,(H2-,14,15,16,17,18,19);/q2*-1;+2. The van der Waals surface area contributed by atoms with Crippen LogP contribution >= 0.6 is 0 Å². The van der Waals surface area contributed by atoms with Crippen molar-refractivity contribution in [2.75, 3.05) is 0 Å². The predicted molar refractivity (Wildman–Crippen MR) is 125 cm³/mol. The van der Waals surface area contributed by atoms with E-state index in [1.54, 1.807) is 12.1 Å². The van der Waals surface area contributed by atoms with E-state index in [-0.39, 0.29) is 86.1 Å². The first-order chi connectivity index (χ1) is 18.3. The summed E-state index contributed by atoms with van der Waals surface area (Å²) < 4.78 is 0. The minimum Gasteiger partial charge on any atom is -0.562 e. The minimum absolute atomic E-state index is 0. The molecule has 191 valence electrons. The van der Waals surface area contributed by atoms with Crippen molar-refractivity contribution in [1.82, 2.24) is 19.9 Å². The number of azo groups is 2. The van der Waals surface area contributed by atoms with Crippen molar-refractivity contribution in [3.63, 3.8) is 0 Å². The summed E-state index contributed by atoms with van der Waals surface area (Å²) >= 11 is 0. The Balaban J connectivity index is 0.000000267. The molecule has 0 bridgehead atoms. The summed E-state index contributed by atoms with van der Waals surface area (Å²) in [5.74, 6) is -1.31. The molecule has 0 amide bonds. The molecule has 0 fully saturated rings. The summed E-state index contributed by atoms with van der Waals surface area (Å²) in [5, 5.41) is 69.0. The van der Waals surface area contributed by atoms with Crippen LogP contribution in [0.2, 0.25) is 0 Å². The van der Waals surface area contributed by atoms with Crippen molar-refractivity contribution in [3.8, 4) is 35.1 Å². The van der Waals surface area contributed by atoms with E-state index in [4.69, 9.17) is 33.9 Å². The molecule has 2 heterocycles. The molecule has 0 aliphatic heterocycles. The van der Waals surface area contributed by atoms with E-state index in [0.717, 1.165) is 12.1 Å². The van der Waals surface area contributed by atoms with Gasteiger partial charge in [0.1, 0.15) is 52.3 Å². The summed E-state index contributed by atoms with van der Waals surface area (Å²) in [7, 11) is 0.